The smallest absolute Gasteiger partial charge is 0.271 e. The van der Waals surface area contributed by atoms with Crippen molar-refractivity contribution < 1.29 is 4.79 Å². The van der Waals surface area contributed by atoms with Gasteiger partial charge in [0, 0.05) is 10.3 Å². The number of carbonyl (C=O) groups is 1. The van der Waals surface area contributed by atoms with Crippen LogP contribution in [0.25, 0.3) is 0 Å². The van der Waals surface area contributed by atoms with Gasteiger partial charge in [-0.1, -0.05) is 11.6 Å². The second-order valence-electron chi connectivity index (χ2n) is 4.20. The standard InChI is InChI=1S/C12H14ClN3OS2/c1-6(14)12-16-8(5-18-12)11(17)15-7(2)9-3-4-10(13)19-9/h3-7H,14H2,1-2H3,(H,15,17). The molecule has 0 saturated carbocycles. The van der Waals surface area contributed by atoms with Crippen LogP contribution < -0.4 is 11.1 Å². The molecule has 19 heavy (non-hydrogen) atoms. The number of thiophene rings is 1. The zero-order valence-electron chi connectivity index (χ0n) is 10.5. The molecule has 2 heterocycles. The van der Waals surface area contributed by atoms with Crippen LogP contribution in [0.1, 0.15) is 46.3 Å². The van der Waals surface area contributed by atoms with Crippen molar-refractivity contribution in [3.05, 3.63) is 37.4 Å². The summed E-state index contributed by atoms with van der Waals surface area (Å²) in [5, 5.41) is 5.38. The molecule has 0 spiro atoms. The van der Waals surface area contributed by atoms with E-state index in [1.54, 1.807) is 5.38 Å². The molecule has 3 N–H and O–H groups in total. The predicted molar refractivity (Wildman–Crippen MR) is 79.9 cm³/mol. The van der Waals surface area contributed by atoms with Gasteiger partial charge in [-0.15, -0.1) is 22.7 Å². The van der Waals surface area contributed by atoms with Gasteiger partial charge in [-0.2, -0.15) is 0 Å². The van der Waals surface area contributed by atoms with Crippen LogP contribution >= 0.6 is 34.3 Å². The average Bonchev–Trinajstić information content (AvgIpc) is 2.96. The molecule has 102 valence electrons. The zero-order chi connectivity index (χ0) is 14.0. The van der Waals surface area contributed by atoms with Crippen LogP contribution in [-0.2, 0) is 0 Å². The molecule has 0 aliphatic heterocycles. The zero-order valence-corrected chi connectivity index (χ0v) is 12.9. The van der Waals surface area contributed by atoms with Crippen LogP contribution in [-0.4, -0.2) is 10.9 Å². The fourth-order valence-corrected chi connectivity index (χ4v) is 3.32. The van der Waals surface area contributed by atoms with Crippen molar-refractivity contribution in [2.75, 3.05) is 0 Å². The fourth-order valence-electron chi connectivity index (χ4n) is 1.50. The van der Waals surface area contributed by atoms with Crippen LogP contribution in [0.2, 0.25) is 4.34 Å². The molecule has 0 aliphatic carbocycles. The second kappa shape index (κ2) is 6.00. The molecule has 0 aromatic carbocycles. The number of aromatic nitrogens is 1. The van der Waals surface area contributed by atoms with Crippen LogP contribution in [0, 0.1) is 0 Å². The van der Waals surface area contributed by atoms with Crippen LogP contribution in [0.15, 0.2) is 17.5 Å². The maximum absolute atomic E-state index is 12.0. The van der Waals surface area contributed by atoms with E-state index < -0.39 is 0 Å². The Morgan fingerprint density at radius 3 is 2.74 bits per heavy atom. The first-order valence-electron chi connectivity index (χ1n) is 5.74. The van der Waals surface area contributed by atoms with Gasteiger partial charge in [-0.05, 0) is 26.0 Å². The van der Waals surface area contributed by atoms with E-state index in [1.807, 2.05) is 26.0 Å². The molecule has 0 aliphatic rings. The normalized spacial score (nSPS) is 14.1. The number of rotatable bonds is 4. The highest BCUT2D eigenvalue weighted by molar-refractivity contribution is 7.16. The number of hydrogen-bond donors (Lipinski definition) is 2. The summed E-state index contributed by atoms with van der Waals surface area (Å²) in [7, 11) is 0. The van der Waals surface area contributed by atoms with Crippen LogP contribution in [0.4, 0.5) is 0 Å². The van der Waals surface area contributed by atoms with Gasteiger partial charge in [-0.25, -0.2) is 4.98 Å². The van der Waals surface area contributed by atoms with Crippen molar-refractivity contribution in [2.24, 2.45) is 5.73 Å². The second-order valence-corrected chi connectivity index (χ2v) is 6.83. The Hall–Kier alpha value is -0.950. The third kappa shape index (κ3) is 3.54. The highest BCUT2D eigenvalue weighted by Crippen LogP contribution is 2.27. The van der Waals surface area contributed by atoms with Crippen LogP contribution in [0.5, 0.6) is 0 Å². The third-order valence-electron chi connectivity index (χ3n) is 2.51. The predicted octanol–water partition coefficient (Wildman–Crippen LogP) is 3.37. The number of halogens is 1. The Balaban J connectivity index is 2.04. The molecular weight excluding hydrogens is 302 g/mol. The summed E-state index contributed by atoms with van der Waals surface area (Å²) in [5.41, 5.74) is 6.13. The van der Waals surface area contributed by atoms with Crippen molar-refractivity contribution in [1.82, 2.24) is 10.3 Å². The van der Waals surface area contributed by atoms with Gasteiger partial charge in [0.05, 0.1) is 16.4 Å². The summed E-state index contributed by atoms with van der Waals surface area (Å²) in [6, 6.07) is 3.48. The number of amides is 1. The monoisotopic (exact) mass is 315 g/mol. The van der Waals surface area contributed by atoms with Crippen molar-refractivity contribution >= 4 is 40.2 Å². The van der Waals surface area contributed by atoms with Crippen molar-refractivity contribution in [1.29, 1.82) is 0 Å². The number of thiazole rings is 1. The van der Waals surface area contributed by atoms with Gasteiger partial charge in [0.2, 0.25) is 0 Å². The quantitative estimate of drug-likeness (QED) is 0.909. The lowest BCUT2D eigenvalue weighted by Gasteiger charge is -2.10. The Morgan fingerprint density at radius 2 is 2.21 bits per heavy atom. The van der Waals surface area contributed by atoms with E-state index in [0.29, 0.717) is 10.0 Å². The Kier molecular flexibility index (Phi) is 4.57. The highest BCUT2D eigenvalue weighted by atomic mass is 35.5. The van der Waals surface area contributed by atoms with Gasteiger partial charge >= 0.3 is 0 Å². The molecule has 2 unspecified atom stereocenters. The first kappa shape index (κ1) is 14.5. The third-order valence-corrected chi connectivity index (χ3v) is 4.97. The molecule has 0 radical (unpaired) electrons. The molecule has 2 aromatic heterocycles. The van der Waals surface area contributed by atoms with E-state index in [1.165, 1.54) is 22.7 Å². The molecule has 0 bridgehead atoms. The van der Waals surface area contributed by atoms with E-state index in [9.17, 15) is 4.79 Å². The van der Waals surface area contributed by atoms with Gasteiger partial charge in [0.15, 0.2) is 0 Å². The van der Waals surface area contributed by atoms with E-state index >= 15 is 0 Å². The highest BCUT2D eigenvalue weighted by Gasteiger charge is 2.16. The average molecular weight is 316 g/mol. The molecule has 4 nitrogen and oxygen atoms in total. The molecule has 2 atom stereocenters. The minimum atomic E-state index is -0.194. The van der Waals surface area contributed by atoms with Crippen molar-refractivity contribution in [2.45, 2.75) is 25.9 Å². The number of carbonyl (C=O) groups excluding carboxylic acids is 1. The topological polar surface area (TPSA) is 68.0 Å². The molecule has 2 aromatic rings. The molecular formula is C12H14ClN3OS2. The van der Waals surface area contributed by atoms with Crippen molar-refractivity contribution in [3.8, 4) is 0 Å². The molecule has 0 fully saturated rings. The Morgan fingerprint density at radius 1 is 1.47 bits per heavy atom. The van der Waals surface area contributed by atoms with E-state index in [4.69, 9.17) is 17.3 Å². The summed E-state index contributed by atoms with van der Waals surface area (Å²) in [5.74, 6) is -0.194. The van der Waals surface area contributed by atoms with Crippen molar-refractivity contribution in [3.63, 3.8) is 0 Å². The first-order chi connectivity index (χ1) is 8.97. The number of nitrogens with two attached hydrogens (primary N) is 1. The van der Waals surface area contributed by atoms with E-state index in [2.05, 4.69) is 10.3 Å². The SMILES string of the molecule is CC(N)c1nc(C(=O)NC(C)c2ccc(Cl)s2)cs1. The Labute approximate surface area is 124 Å². The largest absolute Gasteiger partial charge is 0.343 e. The lowest BCUT2D eigenvalue weighted by molar-refractivity contribution is 0.0936. The molecule has 2 rings (SSSR count). The van der Waals surface area contributed by atoms with E-state index in [-0.39, 0.29) is 18.0 Å². The number of hydrogen-bond acceptors (Lipinski definition) is 5. The summed E-state index contributed by atoms with van der Waals surface area (Å²) in [6.45, 7) is 3.76. The minimum absolute atomic E-state index is 0.0922. The van der Waals surface area contributed by atoms with Crippen LogP contribution in [0.3, 0.4) is 0 Å². The first-order valence-corrected chi connectivity index (χ1v) is 7.82. The van der Waals surface area contributed by atoms with Gasteiger partial charge in [-0.3, -0.25) is 4.79 Å². The van der Waals surface area contributed by atoms with E-state index in [0.717, 1.165) is 9.88 Å². The molecule has 7 heteroatoms. The maximum Gasteiger partial charge on any atom is 0.271 e. The lowest BCUT2D eigenvalue weighted by Crippen LogP contribution is -2.26. The van der Waals surface area contributed by atoms with Gasteiger partial charge in [0.1, 0.15) is 10.7 Å². The summed E-state index contributed by atoms with van der Waals surface area (Å²) in [4.78, 5) is 17.3. The summed E-state index contributed by atoms with van der Waals surface area (Å²) < 4.78 is 0.712. The minimum Gasteiger partial charge on any atom is -0.343 e. The molecule has 1 amide bonds. The molecule has 0 saturated heterocycles. The maximum atomic E-state index is 12.0. The van der Waals surface area contributed by atoms with Gasteiger partial charge < -0.3 is 11.1 Å². The number of nitrogens with zero attached hydrogens (tertiary/aromatic N) is 1. The lowest BCUT2D eigenvalue weighted by atomic mass is 10.2. The Bertz CT molecular complexity index is 579. The van der Waals surface area contributed by atoms with Gasteiger partial charge in [0.25, 0.3) is 5.91 Å². The fraction of sp³-hybridized carbons (Fsp3) is 0.333. The number of nitrogens with one attached hydrogen (secondary N) is 1. The summed E-state index contributed by atoms with van der Waals surface area (Å²) >= 11 is 8.73. The summed E-state index contributed by atoms with van der Waals surface area (Å²) in [6.07, 6.45) is 0.